The average molecular weight is 373 g/mol. The predicted octanol–water partition coefficient (Wildman–Crippen LogP) is 3.43. The highest BCUT2D eigenvalue weighted by Crippen LogP contribution is 2.22. The van der Waals surface area contributed by atoms with Gasteiger partial charge in [-0.3, -0.25) is 9.48 Å². The molecule has 0 radical (unpaired) electrons. The second-order valence-electron chi connectivity index (χ2n) is 7.36. The van der Waals surface area contributed by atoms with E-state index in [9.17, 15) is 9.18 Å². The molecule has 1 aromatic heterocycles. The normalized spacial score (nSPS) is 17.2. The lowest BCUT2D eigenvalue weighted by atomic mass is 9.98. The Kier molecular flexibility index (Phi) is 6.14. The number of amides is 1. The van der Waals surface area contributed by atoms with Gasteiger partial charge in [0, 0.05) is 38.2 Å². The molecular formula is C21H28FN3O2. The van der Waals surface area contributed by atoms with E-state index in [-0.39, 0.29) is 23.4 Å². The molecule has 1 saturated heterocycles. The molecule has 1 aliphatic rings. The van der Waals surface area contributed by atoms with Gasteiger partial charge in [0.2, 0.25) is 5.91 Å². The quantitative estimate of drug-likeness (QED) is 0.779. The number of hydrogen-bond acceptors (Lipinski definition) is 3. The molecule has 5 nitrogen and oxygen atoms in total. The summed E-state index contributed by atoms with van der Waals surface area (Å²) < 4.78 is 21.2. The molecule has 1 fully saturated rings. The van der Waals surface area contributed by atoms with Gasteiger partial charge in [0.1, 0.15) is 0 Å². The number of hydrogen-bond donors (Lipinski definition) is 0. The number of piperidine rings is 1. The third-order valence-electron chi connectivity index (χ3n) is 5.43. The molecule has 2 aromatic rings. The molecule has 146 valence electrons. The standard InChI is InChI=1S/C21H28FN3O2/c1-15-18(16(2)24(3)23-15)10-11-21(26)25-12-6-7-17(13-25)14-27-20-9-5-4-8-19(20)22/h4-5,8-9,17H,6-7,10-14H2,1-3H3/t17-/m0/s1. The van der Waals surface area contributed by atoms with Crippen LogP contribution in [0, 0.1) is 25.6 Å². The monoisotopic (exact) mass is 373 g/mol. The van der Waals surface area contributed by atoms with Crippen molar-refractivity contribution in [2.45, 2.75) is 39.5 Å². The van der Waals surface area contributed by atoms with Crippen LogP contribution in [0.1, 0.15) is 36.2 Å². The number of para-hydroxylation sites is 1. The summed E-state index contributed by atoms with van der Waals surface area (Å²) in [5, 5.41) is 4.42. The second-order valence-corrected chi connectivity index (χ2v) is 7.36. The molecule has 2 heterocycles. The first-order valence-electron chi connectivity index (χ1n) is 9.60. The van der Waals surface area contributed by atoms with Crippen molar-refractivity contribution in [3.05, 3.63) is 47.0 Å². The summed E-state index contributed by atoms with van der Waals surface area (Å²) in [4.78, 5) is 14.6. The Morgan fingerprint density at radius 3 is 2.81 bits per heavy atom. The average Bonchev–Trinajstić information content (AvgIpc) is 2.91. The van der Waals surface area contributed by atoms with E-state index in [2.05, 4.69) is 5.10 Å². The van der Waals surface area contributed by atoms with Crippen LogP contribution in [0.2, 0.25) is 0 Å². The van der Waals surface area contributed by atoms with E-state index in [1.807, 2.05) is 30.5 Å². The molecule has 0 spiro atoms. The van der Waals surface area contributed by atoms with Gasteiger partial charge < -0.3 is 9.64 Å². The van der Waals surface area contributed by atoms with E-state index in [4.69, 9.17) is 4.74 Å². The molecule has 1 aliphatic heterocycles. The fourth-order valence-corrected chi connectivity index (χ4v) is 3.77. The van der Waals surface area contributed by atoms with Crippen molar-refractivity contribution >= 4 is 5.91 Å². The van der Waals surface area contributed by atoms with Crippen molar-refractivity contribution in [2.24, 2.45) is 13.0 Å². The summed E-state index contributed by atoms with van der Waals surface area (Å²) >= 11 is 0. The number of aromatic nitrogens is 2. The molecule has 0 N–H and O–H groups in total. The first-order valence-corrected chi connectivity index (χ1v) is 9.60. The molecule has 6 heteroatoms. The minimum absolute atomic E-state index is 0.174. The van der Waals surface area contributed by atoms with Crippen LogP contribution in [0.25, 0.3) is 0 Å². The third kappa shape index (κ3) is 4.67. The molecule has 3 rings (SSSR count). The highest BCUT2D eigenvalue weighted by Gasteiger charge is 2.24. The van der Waals surface area contributed by atoms with Gasteiger partial charge in [-0.15, -0.1) is 0 Å². The Bertz CT molecular complexity index is 803. The molecular weight excluding hydrogens is 345 g/mol. The van der Waals surface area contributed by atoms with Gasteiger partial charge in [0.15, 0.2) is 11.6 Å². The van der Waals surface area contributed by atoms with Gasteiger partial charge in [-0.1, -0.05) is 12.1 Å². The number of halogens is 1. The van der Waals surface area contributed by atoms with Gasteiger partial charge in [0.05, 0.1) is 12.3 Å². The minimum Gasteiger partial charge on any atom is -0.490 e. The van der Waals surface area contributed by atoms with Crippen LogP contribution in [0.15, 0.2) is 24.3 Å². The van der Waals surface area contributed by atoms with Crippen LogP contribution < -0.4 is 4.74 Å². The number of rotatable bonds is 6. The van der Waals surface area contributed by atoms with E-state index in [0.29, 0.717) is 19.6 Å². The summed E-state index contributed by atoms with van der Waals surface area (Å²) in [6, 6.07) is 6.44. The predicted molar refractivity (Wildman–Crippen MR) is 102 cm³/mol. The fourth-order valence-electron chi connectivity index (χ4n) is 3.77. The first-order chi connectivity index (χ1) is 13.0. The molecule has 0 aliphatic carbocycles. The van der Waals surface area contributed by atoms with Crippen LogP contribution in [0.3, 0.4) is 0 Å². The lowest BCUT2D eigenvalue weighted by Gasteiger charge is -2.32. The maximum atomic E-state index is 13.7. The number of benzene rings is 1. The summed E-state index contributed by atoms with van der Waals surface area (Å²) in [7, 11) is 1.93. The number of carbonyl (C=O) groups excluding carboxylic acids is 1. The van der Waals surface area contributed by atoms with Gasteiger partial charge >= 0.3 is 0 Å². The molecule has 1 atom stereocenters. The van der Waals surface area contributed by atoms with E-state index in [0.717, 1.165) is 37.2 Å². The van der Waals surface area contributed by atoms with Crippen molar-refractivity contribution < 1.29 is 13.9 Å². The van der Waals surface area contributed by atoms with Crippen molar-refractivity contribution in [1.29, 1.82) is 0 Å². The molecule has 0 saturated carbocycles. The number of aryl methyl sites for hydroxylation is 2. The van der Waals surface area contributed by atoms with Crippen molar-refractivity contribution in [3.8, 4) is 5.75 Å². The summed E-state index contributed by atoms with van der Waals surface area (Å²) in [6.07, 6.45) is 3.17. The van der Waals surface area contributed by atoms with E-state index in [1.54, 1.807) is 18.2 Å². The lowest BCUT2D eigenvalue weighted by Crippen LogP contribution is -2.41. The van der Waals surface area contributed by atoms with Crippen molar-refractivity contribution in [1.82, 2.24) is 14.7 Å². The number of carbonyl (C=O) groups is 1. The molecule has 27 heavy (non-hydrogen) atoms. The molecule has 1 amide bonds. The third-order valence-corrected chi connectivity index (χ3v) is 5.43. The van der Waals surface area contributed by atoms with E-state index < -0.39 is 0 Å². The van der Waals surface area contributed by atoms with Crippen LogP contribution >= 0.6 is 0 Å². The highest BCUT2D eigenvalue weighted by atomic mass is 19.1. The molecule has 0 unspecified atom stereocenters. The summed E-state index contributed by atoms with van der Waals surface area (Å²) in [5.41, 5.74) is 3.29. The zero-order valence-corrected chi connectivity index (χ0v) is 16.4. The zero-order chi connectivity index (χ0) is 19.4. The summed E-state index contributed by atoms with van der Waals surface area (Å²) in [6.45, 7) is 5.93. The summed E-state index contributed by atoms with van der Waals surface area (Å²) in [5.74, 6) is 0.351. The first kappa shape index (κ1) is 19.4. The molecule has 0 bridgehead atoms. The van der Waals surface area contributed by atoms with Crippen LogP contribution in [0.4, 0.5) is 4.39 Å². The van der Waals surface area contributed by atoms with Crippen molar-refractivity contribution in [2.75, 3.05) is 19.7 Å². The van der Waals surface area contributed by atoms with Gasteiger partial charge in [0.25, 0.3) is 0 Å². The Morgan fingerprint density at radius 1 is 1.33 bits per heavy atom. The van der Waals surface area contributed by atoms with Crippen molar-refractivity contribution in [3.63, 3.8) is 0 Å². The minimum atomic E-state index is -0.344. The lowest BCUT2D eigenvalue weighted by molar-refractivity contribution is -0.133. The topological polar surface area (TPSA) is 47.4 Å². The van der Waals surface area contributed by atoms with Gasteiger partial charge in [-0.2, -0.15) is 5.10 Å². The highest BCUT2D eigenvalue weighted by molar-refractivity contribution is 5.76. The van der Waals surface area contributed by atoms with Gasteiger partial charge in [-0.05, 0) is 50.8 Å². The zero-order valence-electron chi connectivity index (χ0n) is 16.4. The van der Waals surface area contributed by atoms with Crippen LogP contribution in [-0.4, -0.2) is 40.3 Å². The largest absolute Gasteiger partial charge is 0.490 e. The SMILES string of the molecule is Cc1nn(C)c(C)c1CCC(=O)N1CCC[C@H](COc2ccccc2F)C1. The maximum Gasteiger partial charge on any atom is 0.222 e. The van der Waals surface area contributed by atoms with Crippen LogP contribution in [0.5, 0.6) is 5.75 Å². The van der Waals surface area contributed by atoms with Crippen LogP contribution in [-0.2, 0) is 18.3 Å². The second kappa shape index (κ2) is 8.55. The fraction of sp³-hybridized carbons (Fsp3) is 0.524. The smallest absolute Gasteiger partial charge is 0.222 e. The number of likely N-dealkylation sites (tertiary alicyclic amines) is 1. The number of nitrogens with zero attached hydrogens (tertiary/aromatic N) is 3. The Labute approximate surface area is 160 Å². The number of ether oxygens (including phenoxy) is 1. The Morgan fingerprint density at radius 2 is 2.11 bits per heavy atom. The van der Waals surface area contributed by atoms with E-state index in [1.165, 1.54) is 11.6 Å². The maximum absolute atomic E-state index is 13.7. The Balaban J connectivity index is 1.51. The van der Waals surface area contributed by atoms with E-state index >= 15 is 0 Å². The molecule has 1 aromatic carbocycles. The van der Waals surface area contributed by atoms with Gasteiger partial charge in [-0.25, -0.2) is 4.39 Å². The Hall–Kier alpha value is -2.37.